The van der Waals surface area contributed by atoms with Crippen molar-refractivity contribution in [1.82, 2.24) is 15.3 Å². The van der Waals surface area contributed by atoms with Gasteiger partial charge < -0.3 is 24.7 Å². The number of halogens is 1. The maximum Gasteiger partial charge on any atom is 0.319 e. The highest BCUT2D eigenvalue weighted by Crippen LogP contribution is 2.33. The van der Waals surface area contributed by atoms with Crippen molar-refractivity contribution in [2.45, 2.75) is 46.1 Å². The number of fused-ring (bicyclic) bond motifs is 1. The highest BCUT2D eigenvalue weighted by Gasteiger charge is 2.25. The van der Waals surface area contributed by atoms with E-state index in [2.05, 4.69) is 20.6 Å². The lowest BCUT2D eigenvalue weighted by Crippen LogP contribution is -2.35. The number of ether oxygens (including phenoxy) is 1. The lowest BCUT2D eigenvalue weighted by Gasteiger charge is -2.24. The number of nitrogens with one attached hydrogen (secondary N) is 2. The molecule has 0 radical (unpaired) electrons. The van der Waals surface area contributed by atoms with Crippen molar-refractivity contribution in [3.8, 4) is 0 Å². The monoisotopic (exact) mass is 455 g/mol. The normalized spacial score (nSPS) is 15.8. The largest absolute Gasteiger partial charge is 0.459 e. The van der Waals surface area contributed by atoms with Gasteiger partial charge in [-0.15, -0.1) is 0 Å². The highest BCUT2D eigenvalue weighted by atomic mass is 19.1. The van der Waals surface area contributed by atoms with E-state index in [-0.39, 0.29) is 17.8 Å². The van der Waals surface area contributed by atoms with Gasteiger partial charge in [0.05, 0.1) is 24.1 Å². The fourth-order valence-corrected chi connectivity index (χ4v) is 3.98. The minimum absolute atomic E-state index is 0.0469. The fourth-order valence-electron chi connectivity index (χ4n) is 3.98. The summed E-state index contributed by atoms with van der Waals surface area (Å²) in [6.07, 6.45) is 6.43. The summed E-state index contributed by atoms with van der Waals surface area (Å²) in [7, 11) is 0. The van der Waals surface area contributed by atoms with Crippen LogP contribution in [0.2, 0.25) is 0 Å². The van der Waals surface area contributed by atoms with Gasteiger partial charge in [-0.1, -0.05) is 13.8 Å². The van der Waals surface area contributed by atoms with Crippen molar-refractivity contribution in [1.29, 1.82) is 0 Å². The zero-order chi connectivity index (χ0) is 23.4. The first-order valence-corrected chi connectivity index (χ1v) is 11.3. The molecule has 0 bridgehead atoms. The second kappa shape index (κ2) is 10.2. The minimum atomic E-state index is -0.398. The average Bonchev–Trinajstić information content (AvgIpc) is 3.08. The number of benzene rings is 1. The van der Waals surface area contributed by atoms with Crippen LogP contribution in [-0.4, -0.2) is 35.9 Å². The van der Waals surface area contributed by atoms with Crippen molar-refractivity contribution in [3.63, 3.8) is 0 Å². The van der Waals surface area contributed by atoms with Crippen LogP contribution in [0.15, 0.2) is 35.0 Å². The van der Waals surface area contributed by atoms with E-state index in [1.165, 1.54) is 12.1 Å². The smallest absolute Gasteiger partial charge is 0.319 e. The number of nitrogens with zero attached hydrogens (tertiary/aromatic N) is 3. The zero-order valence-corrected chi connectivity index (χ0v) is 19.2. The van der Waals surface area contributed by atoms with Crippen LogP contribution < -0.4 is 15.5 Å². The van der Waals surface area contributed by atoms with Crippen molar-refractivity contribution >= 4 is 28.6 Å². The van der Waals surface area contributed by atoms with Gasteiger partial charge in [0.2, 0.25) is 5.95 Å². The summed E-state index contributed by atoms with van der Waals surface area (Å²) < 4.78 is 25.3. The Morgan fingerprint density at radius 2 is 1.97 bits per heavy atom. The summed E-state index contributed by atoms with van der Waals surface area (Å²) in [6.45, 7) is 7.89. The molecule has 0 aliphatic carbocycles. The first-order chi connectivity index (χ1) is 15.9. The SMILES string of the molecule is Cc1c([C@H](NC(=O)Nc2cnc(N3CCCCCOC3)nc2)C(C)C)oc2ccc(F)cc12. The Balaban J connectivity index is 1.44. The number of hydrogen-bond donors (Lipinski definition) is 2. The fraction of sp³-hybridized carbons (Fsp3) is 0.458. The Bertz CT molecular complexity index is 1090. The Labute approximate surface area is 192 Å². The molecule has 0 spiro atoms. The molecule has 9 heteroatoms. The summed E-state index contributed by atoms with van der Waals surface area (Å²) >= 11 is 0. The van der Waals surface area contributed by atoms with Crippen LogP contribution in [-0.2, 0) is 4.74 Å². The number of carbonyl (C=O) groups is 1. The predicted octanol–water partition coefficient (Wildman–Crippen LogP) is 5.15. The van der Waals surface area contributed by atoms with Gasteiger partial charge >= 0.3 is 6.03 Å². The lowest BCUT2D eigenvalue weighted by atomic mass is 9.98. The van der Waals surface area contributed by atoms with E-state index in [0.29, 0.717) is 35.1 Å². The molecule has 4 rings (SSSR count). The molecule has 1 aliphatic heterocycles. The molecule has 2 aromatic heterocycles. The highest BCUT2D eigenvalue weighted by molar-refractivity contribution is 5.89. The standard InChI is InChI=1S/C24H30FN5O3/c1-15(2)21(22-16(3)19-11-17(25)7-8-20(19)33-22)29-24(31)28-18-12-26-23(27-13-18)30-9-5-4-6-10-32-14-30/h7-8,11-13,15,21H,4-6,9-10,14H2,1-3H3,(H2,28,29,31)/t21-/m1/s1. The zero-order valence-electron chi connectivity index (χ0n) is 19.2. The molecule has 1 saturated heterocycles. The second-order valence-electron chi connectivity index (χ2n) is 8.69. The third kappa shape index (κ3) is 5.42. The maximum atomic E-state index is 13.7. The molecule has 176 valence electrons. The van der Waals surface area contributed by atoms with E-state index < -0.39 is 6.03 Å². The minimum Gasteiger partial charge on any atom is -0.459 e. The van der Waals surface area contributed by atoms with E-state index >= 15 is 0 Å². The topological polar surface area (TPSA) is 92.5 Å². The van der Waals surface area contributed by atoms with Crippen LogP contribution in [0, 0.1) is 18.7 Å². The van der Waals surface area contributed by atoms with Crippen LogP contribution >= 0.6 is 0 Å². The molecule has 1 aliphatic rings. The number of rotatable bonds is 5. The van der Waals surface area contributed by atoms with E-state index in [1.54, 1.807) is 18.5 Å². The molecule has 2 N–H and O–H groups in total. The molecule has 0 unspecified atom stereocenters. The van der Waals surface area contributed by atoms with Crippen LogP contribution in [0.3, 0.4) is 0 Å². The Morgan fingerprint density at radius 3 is 2.73 bits per heavy atom. The average molecular weight is 456 g/mol. The van der Waals surface area contributed by atoms with Crippen LogP contribution in [0.5, 0.6) is 0 Å². The lowest BCUT2D eigenvalue weighted by molar-refractivity contribution is 0.121. The van der Waals surface area contributed by atoms with Gasteiger partial charge in [0.15, 0.2) is 0 Å². The molecule has 1 atom stereocenters. The second-order valence-corrected chi connectivity index (χ2v) is 8.69. The van der Waals surface area contributed by atoms with Crippen molar-refractivity contribution in [2.75, 3.05) is 30.1 Å². The van der Waals surface area contributed by atoms with Gasteiger partial charge in [-0.05, 0) is 50.3 Å². The number of urea groups is 1. The number of anilines is 2. The van der Waals surface area contributed by atoms with Gasteiger partial charge in [-0.25, -0.2) is 19.2 Å². The quantitative estimate of drug-likeness (QED) is 0.553. The first-order valence-electron chi connectivity index (χ1n) is 11.3. The van der Waals surface area contributed by atoms with Gasteiger partial charge in [0.25, 0.3) is 0 Å². The maximum absolute atomic E-state index is 13.7. The van der Waals surface area contributed by atoms with E-state index in [0.717, 1.165) is 38.0 Å². The molecule has 8 nitrogen and oxygen atoms in total. The molecular formula is C24H30FN5O3. The van der Waals surface area contributed by atoms with Crippen LogP contribution in [0.4, 0.5) is 20.8 Å². The molecule has 1 aromatic carbocycles. The van der Waals surface area contributed by atoms with Gasteiger partial charge in [0.1, 0.15) is 23.9 Å². The summed E-state index contributed by atoms with van der Waals surface area (Å²) in [5, 5.41) is 6.46. The summed E-state index contributed by atoms with van der Waals surface area (Å²) in [5.41, 5.74) is 1.88. The third-order valence-corrected chi connectivity index (χ3v) is 5.81. The van der Waals surface area contributed by atoms with E-state index in [4.69, 9.17) is 9.15 Å². The summed E-state index contributed by atoms with van der Waals surface area (Å²) in [5.74, 6) is 0.915. The van der Waals surface area contributed by atoms with E-state index in [9.17, 15) is 9.18 Å². The van der Waals surface area contributed by atoms with Crippen molar-refractivity contribution in [2.24, 2.45) is 5.92 Å². The first kappa shape index (κ1) is 23.0. The number of carbonyl (C=O) groups excluding carboxylic acids is 1. The molecular weight excluding hydrogens is 425 g/mol. The van der Waals surface area contributed by atoms with Gasteiger partial charge in [-0.3, -0.25) is 0 Å². The van der Waals surface area contributed by atoms with Crippen molar-refractivity contribution in [3.05, 3.63) is 47.7 Å². The number of hydrogen-bond acceptors (Lipinski definition) is 6. The van der Waals surface area contributed by atoms with Crippen LogP contribution in [0.25, 0.3) is 11.0 Å². The van der Waals surface area contributed by atoms with Gasteiger partial charge in [0, 0.05) is 24.1 Å². The third-order valence-electron chi connectivity index (χ3n) is 5.81. The Hall–Kier alpha value is -3.20. The molecule has 33 heavy (non-hydrogen) atoms. The molecule has 2 amide bonds. The summed E-state index contributed by atoms with van der Waals surface area (Å²) in [4.78, 5) is 23.5. The molecule has 3 aromatic rings. The van der Waals surface area contributed by atoms with E-state index in [1.807, 2.05) is 25.7 Å². The predicted molar refractivity (Wildman–Crippen MR) is 125 cm³/mol. The molecule has 1 fully saturated rings. The van der Waals surface area contributed by atoms with Crippen LogP contribution in [0.1, 0.15) is 50.5 Å². The number of aromatic nitrogens is 2. The van der Waals surface area contributed by atoms with Gasteiger partial charge in [-0.2, -0.15) is 0 Å². The Morgan fingerprint density at radius 1 is 1.18 bits per heavy atom. The number of aryl methyl sites for hydroxylation is 1. The Kier molecular flexibility index (Phi) is 7.08. The van der Waals surface area contributed by atoms with Crippen molar-refractivity contribution < 1.29 is 18.3 Å². The summed E-state index contributed by atoms with van der Waals surface area (Å²) in [6, 6.07) is 3.63. The molecule has 0 saturated carbocycles. The molecule has 3 heterocycles. The number of amides is 2. The number of furan rings is 1.